The first-order valence-electron chi connectivity index (χ1n) is 12.9. The van der Waals surface area contributed by atoms with Crippen molar-refractivity contribution < 1.29 is 9.90 Å². The zero-order chi connectivity index (χ0) is 24.0. The van der Waals surface area contributed by atoms with E-state index in [9.17, 15) is 9.90 Å². The number of fused-ring (bicyclic) bond motifs is 1. The summed E-state index contributed by atoms with van der Waals surface area (Å²) in [5.74, 6) is 0.830. The van der Waals surface area contributed by atoms with Crippen molar-refractivity contribution in [3.05, 3.63) is 53.2 Å². The minimum Gasteiger partial charge on any atom is -0.506 e. The lowest BCUT2D eigenvalue weighted by molar-refractivity contribution is -0.109. The SMILES string of the molecule is O=CC1(c2cnc3ccc(-c4ccc(O)c(Cl)c4)cc3c2N2CCC(CN3CCCC3)CC2)CC1. The van der Waals surface area contributed by atoms with Crippen LogP contribution in [-0.2, 0) is 10.2 Å². The van der Waals surface area contributed by atoms with Crippen LogP contribution in [0, 0.1) is 5.92 Å². The van der Waals surface area contributed by atoms with Crippen LogP contribution in [0.5, 0.6) is 5.75 Å². The summed E-state index contributed by atoms with van der Waals surface area (Å²) in [6.45, 7) is 5.75. The normalized spacial score (nSPS) is 20.4. The van der Waals surface area contributed by atoms with Gasteiger partial charge in [0.15, 0.2) is 0 Å². The molecular formula is C29H32ClN3O2. The maximum absolute atomic E-state index is 12.2. The molecule has 1 aromatic heterocycles. The van der Waals surface area contributed by atoms with Gasteiger partial charge in [-0.05, 0) is 92.9 Å². The lowest BCUT2D eigenvalue weighted by Gasteiger charge is -2.37. The molecule has 0 bridgehead atoms. The van der Waals surface area contributed by atoms with Gasteiger partial charge in [-0.15, -0.1) is 0 Å². The monoisotopic (exact) mass is 489 g/mol. The zero-order valence-corrected chi connectivity index (χ0v) is 20.8. The van der Waals surface area contributed by atoms with Crippen molar-refractivity contribution in [2.75, 3.05) is 37.6 Å². The van der Waals surface area contributed by atoms with Crippen molar-refractivity contribution in [1.29, 1.82) is 0 Å². The Morgan fingerprint density at radius 1 is 1.03 bits per heavy atom. The highest BCUT2D eigenvalue weighted by Gasteiger charge is 2.47. The number of phenolic OH excluding ortho intramolecular Hbond substituents is 1. The Morgan fingerprint density at radius 3 is 2.43 bits per heavy atom. The zero-order valence-electron chi connectivity index (χ0n) is 20.0. The summed E-state index contributed by atoms with van der Waals surface area (Å²) in [4.78, 5) is 22.1. The smallest absolute Gasteiger partial charge is 0.134 e. The van der Waals surface area contributed by atoms with E-state index < -0.39 is 0 Å². The molecule has 0 spiro atoms. The Kier molecular flexibility index (Phi) is 5.93. The Balaban J connectivity index is 1.38. The van der Waals surface area contributed by atoms with Crippen LogP contribution in [0.25, 0.3) is 22.0 Å². The van der Waals surface area contributed by atoms with Gasteiger partial charge < -0.3 is 19.7 Å². The van der Waals surface area contributed by atoms with Gasteiger partial charge in [0.05, 0.1) is 21.6 Å². The summed E-state index contributed by atoms with van der Waals surface area (Å²) in [5.41, 5.74) is 4.80. The molecule has 1 N–H and O–H groups in total. The number of pyridine rings is 1. The van der Waals surface area contributed by atoms with Gasteiger partial charge in [0.1, 0.15) is 12.0 Å². The van der Waals surface area contributed by atoms with Crippen molar-refractivity contribution in [2.45, 2.75) is 43.9 Å². The number of nitrogens with zero attached hydrogens (tertiary/aromatic N) is 3. The molecule has 0 unspecified atom stereocenters. The van der Waals surface area contributed by atoms with Crippen LogP contribution in [0.2, 0.25) is 5.02 Å². The molecule has 0 amide bonds. The number of piperidine rings is 1. The molecular weight excluding hydrogens is 458 g/mol. The van der Waals surface area contributed by atoms with Crippen LogP contribution < -0.4 is 4.90 Å². The number of carbonyl (C=O) groups excluding carboxylic acids is 1. The Bertz CT molecular complexity index is 1260. The fourth-order valence-corrected chi connectivity index (χ4v) is 6.19. The van der Waals surface area contributed by atoms with E-state index in [0.717, 1.165) is 65.7 Å². The van der Waals surface area contributed by atoms with E-state index in [4.69, 9.17) is 16.6 Å². The molecule has 2 saturated heterocycles. The molecule has 1 saturated carbocycles. The van der Waals surface area contributed by atoms with Crippen molar-refractivity contribution in [2.24, 2.45) is 5.92 Å². The lowest BCUT2D eigenvalue weighted by Crippen LogP contribution is -2.39. The molecule has 3 heterocycles. The fraction of sp³-hybridized carbons (Fsp3) is 0.448. The third-order valence-corrected chi connectivity index (χ3v) is 8.62. The van der Waals surface area contributed by atoms with Crippen molar-refractivity contribution in [1.82, 2.24) is 9.88 Å². The predicted molar refractivity (Wildman–Crippen MR) is 141 cm³/mol. The number of phenols is 1. The maximum Gasteiger partial charge on any atom is 0.134 e. The van der Waals surface area contributed by atoms with Gasteiger partial charge in [0, 0.05) is 36.8 Å². The molecule has 0 radical (unpaired) electrons. The number of carbonyl (C=O) groups is 1. The van der Waals surface area contributed by atoms with Crippen molar-refractivity contribution in [3.8, 4) is 16.9 Å². The number of hydrogen-bond acceptors (Lipinski definition) is 5. The molecule has 35 heavy (non-hydrogen) atoms. The molecule has 0 atom stereocenters. The highest BCUT2D eigenvalue weighted by atomic mass is 35.5. The highest BCUT2D eigenvalue weighted by molar-refractivity contribution is 6.32. The number of rotatable bonds is 6. The number of aromatic nitrogens is 1. The van der Waals surface area contributed by atoms with E-state index in [1.165, 1.54) is 51.0 Å². The number of benzene rings is 2. The average molecular weight is 490 g/mol. The second kappa shape index (κ2) is 9.11. The Hall–Kier alpha value is -2.63. The highest BCUT2D eigenvalue weighted by Crippen LogP contribution is 2.51. The molecule has 5 nitrogen and oxygen atoms in total. The summed E-state index contributed by atoms with van der Waals surface area (Å²) < 4.78 is 0. The van der Waals surface area contributed by atoms with E-state index in [1.807, 2.05) is 12.3 Å². The molecule has 3 aliphatic rings. The second-order valence-electron chi connectivity index (χ2n) is 10.6. The fourth-order valence-electron chi connectivity index (χ4n) is 6.00. The summed E-state index contributed by atoms with van der Waals surface area (Å²) in [6, 6.07) is 11.6. The largest absolute Gasteiger partial charge is 0.506 e. The van der Waals surface area contributed by atoms with Gasteiger partial charge in [0.25, 0.3) is 0 Å². The maximum atomic E-state index is 12.2. The minimum atomic E-state index is -0.388. The molecule has 2 aliphatic heterocycles. The minimum absolute atomic E-state index is 0.0827. The number of hydrogen-bond donors (Lipinski definition) is 1. The summed E-state index contributed by atoms with van der Waals surface area (Å²) in [6.07, 6.45) is 9.93. The first kappa shape index (κ1) is 22.8. The van der Waals surface area contributed by atoms with Crippen molar-refractivity contribution in [3.63, 3.8) is 0 Å². The lowest BCUT2D eigenvalue weighted by atomic mass is 9.90. The van der Waals surface area contributed by atoms with E-state index in [0.29, 0.717) is 5.02 Å². The van der Waals surface area contributed by atoms with Crippen LogP contribution in [0.3, 0.4) is 0 Å². The third kappa shape index (κ3) is 4.30. The van der Waals surface area contributed by atoms with Gasteiger partial charge in [-0.3, -0.25) is 4.98 Å². The number of anilines is 1. The molecule has 3 fully saturated rings. The number of aldehydes is 1. The van der Waals surface area contributed by atoms with Crippen LogP contribution >= 0.6 is 11.6 Å². The van der Waals surface area contributed by atoms with Gasteiger partial charge >= 0.3 is 0 Å². The standard InChI is InChI=1S/C29H32ClN3O2/c30-25-16-22(4-6-27(25)35)21-3-5-26-23(15-21)28(24(17-31-26)29(19-34)9-10-29)33-13-7-20(8-14-33)18-32-11-1-2-12-32/h3-6,15-17,19-20,35H,1-2,7-14,18H2. The average Bonchev–Trinajstić information content (AvgIpc) is 3.52. The predicted octanol–water partition coefficient (Wildman–Crippen LogP) is 5.80. The number of likely N-dealkylation sites (tertiary alicyclic amines) is 1. The van der Waals surface area contributed by atoms with Crippen LogP contribution in [0.1, 0.15) is 44.1 Å². The first-order chi connectivity index (χ1) is 17.1. The Morgan fingerprint density at radius 2 is 1.74 bits per heavy atom. The molecule has 2 aromatic carbocycles. The van der Waals surface area contributed by atoms with Gasteiger partial charge in [-0.25, -0.2) is 0 Å². The molecule has 182 valence electrons. The summed E-state index contributed by atoms with van der Waals surface area (Å²) >= 11 is 6.21. The van der Waals surface area contributed by atoms with E-state index in [2.05, 4.69) is 28.0 Å². The molecule has 6 rings (SSSR count). The van der Waals surface area contributed by atoms with E-state index >= 15 is 0 Å². The number of aromatic hydroxyl groups is 1. The molecule has 3 aromatic rings. The second-order valence-corrected chi connectivity index (χ2v) is 11.0. The van der Waals surface area contributed by atoms with Crippen LogP contribution in [0.4, 0.5) is 5.69 Å². The van der Waals surface area contributed by atoms with Crippen LogP contribution in [-0.4, -0.2) is 54.0 Å². The van der Waals surface area contributed by atoms with Crippen LogP contribution in [0.15, 0.2) is 42.6 Å². The van der Waals surface area contributed by atoms with E-state index in [1.54, 1.807) is 12.1 Å². The van der Waals surface area contributed by atoms with Crippen molar-refractivity contribution >= 4 is 34.5 Å². The summed E-state index contributed by atoms with van der Waals surface area (Å²) in [7, 11) is 0. The van der Waals surface area contributed by atoms with Gasteiger partial charge in [-0.1, -0.05) is 23.7 Å². The number of halogens is 1. The Labute approximate surface area is 211 Å². The van der Waals surface area contributed by atoms with Gasteiger partial charge in [-0.2, -0.15) is 0 Å². The third-order valence-electron chi connectivity index (χ3n) is 8.32. The van der Waals surface area contributed by atoms with Gasteiger partial charge in [0.2, 0.25) is 0 Å². The first-order valence-corrected chi connectivity index (χ1v) is 13.3. The summed E-state index contributed by atoms with van der Waals surface area (Å²) in [5, 5.41) is 11.3. The molecule has 6 heteroatoms. The molecule has 1 aliphatic carbocycles. The van der Waals surface area contributed by atoms with E-state index in [-0.39, 0.29) is 11.2 Å². The quantitative estimate of drug-likeness (QED) is 0.443. The topological polar surface area (TPSA) is 56.7 Å².